The van der Waals surface area contributed by atoms with Crippen LogP contribution in [0.3, 0.4) is 0 Å². The SMILES string of the molecule is CCCNC(CCCC(F)(F)F)C(C)(C)N1CCOCC1. The van der Waals surface area contributed by atoms with E-state index in [-0.39, 0.29) is 18.0 Å². The molecule has 0 bridgehead atoms. The Hall–Kier alpha value is -0.330. The fraction of sp³-hybridized carbons (Fsp3) is 1.00. The molecule has 1 aliphatic rings. The van der Waals surface area contributed by atoms with Gasteiger partial charge in [0.05, 0.1) is 13.2 Å². The highest BCUT2D eigenvalue weighted by molar-refractivity contribution is 4.94. The lowest BCUT2D eigenvalue weighted by atomic mass is 9.87. The zero-order chi connectivity index (χ0) is 15.9. The molecule has 0 spiro atoms. The van der Waals surface area contributed by atoms with E-state index in [1.54, 1.807) is 0 Å². The molecule has 1 rings (SSSR count). The summed E-state index contributed by atoms with van der Waals surface area (Å²) in [6, 6.07) is 0.0675. The van der Waals surface area contributed by atoms with Crippen molar-refractivity contribution in [1.82, 2.24) is 10.2 Å². The molecular formula is C15H29F3N2O. The Kier molecular flexibility index (Phi) is 7.44. The highest BCUT2D eigenvalue weighted by Crippen LogP contribution is 2.27. The van der Waals surface area contributed by atoms with Gasteiger partial charge >= 0.3 is 6.18 Å². The van der Waals surface area contributed by atoms with Gasteiger partial charge in [-0.2, -0.15) is 13.2 Å². The van der Waals surface area contributed by atoms with Gasteiger partial charge in [0, 0.05) is 31.1 Å². The van der Waals surface area contributed by atoms with E-state index < -0.39 is 12.6 Å². The molecule has 0 radical (unpaired) electrons. The smallest absolute Gasteiger partial charge is 0.379 e. The third kappa shape index (κ3) is 6.53. The van der Waals surface area contributed by atoms with E-state index in [4.69, 9.17) is 4.74 Å². The van der Waals surface area contributed by atoms with E-state index >= 15 is 0 Å². The van der Waals surface area contributed by atoms with Crippen molar-refractivity contribution in [2.75, 3.05) is 32.8 Å². The number of hydrogen-bond acceptors (Lipinski definition) is 3. The van der Waals surface area contributed by atoms with Crippen LogP contribution in [0.1, 0.15) is 46.5 Å². The summed E-state index contributed by atoms with van der Waals surface area (Å²) in [7, 11) is 0. The summed E-state index contributed by atoms with van der Waals surface area (Å²) in [5, 5.41) is 3.44. The van der Waals surface area contributed by atoms with Crippen LogP contribution in [0.5, 0.6) is 0 Å². The van der Waals surface area contributed by atoms with E-state index in [1.807, 2.05) is 0 Å². The van der Waals surface area contributed by atoms with Crippen LogP contribution in [0, 0.1) is 0 Å². The molecule has 0 saturated carbocycles. The number of alkyl halides is 3. The number of hydrogen-bond donors (Lipinski definition) is 1. The molecule has 1 unspecified atom stereocenters. The summed E-state index contributed by atoms with van der Waals surface area (Å²) in [6.07, 6.45) is -3.05. The van der Waals surface area contributed by atoms with Gasteiger partial charge in [-0.25, -0.2) is 0 Å². The van der Waals surface area contributed by atoms with Gasteiger partial charge in [0.1, 0.15) is 0 Å². The first-order valence-electron chi connectivity index (χ1n) is 7.90. The Bertz CT molecular complexity index is 289. The number of nitrogens with one attached hydrogen (secondary N) is 1. The quantitative estimate of drug-likeness (QED) is 0.745. The van der Waals surface area contributed by atoms with Crippen LogP contribution in [0.2, 0.25) is 0 Å². The minimum Gasteiger partial charge on any atom is -0.379 e. The predicted octanol–water partition coefficient (Wildman–Crippen LogP) is 3.20. The molecule has 3 nitrogen and oxygen atoms in total. The lowest BCUT2D eigenvalue weighted by Crippen LogP contribution is -2.60. The van der Waals surface area contributed by atoms with Crippen LogP contribution in [0.15, 0.2) is 0 Å². The number of morpholine rings is 1. The maximum Gasteiger partial charge on any atom is 0.389 e. The number of rotatable bonds is 8. The summed E-state index contributed by atoms with van der Waals surface area (Å²) in [6.45, 7) is 10.2. The van der Waals surface area contributed by atoms with E-state index in [2.05, 4.69) is 31.0 Å². The molecule has 0 amide bonds. The third-order valence-electron chi connectivity index (χ3n) is 4.27. The summed E-state index contributed by atoms with van der Waals surface area (Å²) >= 11 is 0. The topological polar surface area (TPSA) is 24.5 Å². The first kappa shape index (κ1) is 18.7. The monoisotopic (exact) mass is 310 g/mol. The Morgan fingerprint density at radius 2 is 1.81 bits per heavy atom. The van der Waals surface area contributed by atoms with E-state index in [9.17, 15) is 13.2 Å². The highest BCUT2D eigenvalue weighted by atomic mass is 19.4. The van der Waals surface area contributed by atoms with Gasteiger partial charge in [-0.05, 0) is 39.7 Å². The van der Waals surface area contributed by atoms with Crippen molar-refractivity contribution in [3.05, 3.63) is 0 Å². The van der Waals surface area contributed by atoms with Crippen LogP contribution < -0.4 is 5.32 Å². The largest absolute Gasteiger partial charge is 0.389 e. The minimum absolute atomic E-state index is 0.0675. The van der Waals surface area contributed by atoms with Crippen LogP contribution in [-0.2, 0) is 4.74 Å². The number of nitrogens with zero attached hydrogens (tertiary/aromatic N) is 1. The lowest BCUT2D eigenvalue weighted by molar-refractivity contribution is -0.136. The molecule has 1 fully saturated rings. The zero-order valence-electron chi connectivity index (χ0n) is 13.4. The third-order valence-corrected chi connectivity index (χ3v) is 4.27. The molecule has 0 aromatic rings. The van der Waals surface area contributed by atoms with E-state index in [1.165, 1.54) is 0 Å². The van der Waals surface area contributed by atoms with Gasteiger partial charge in [-0.15, -0.1) is 0 Å². The zero-order valence-corrected chi connectivity index (χ0v) is 13.4. The van der Waals surface area contributed by atoms with Gasteiger partial charge < -0.3 is 10.1 Å². The van der Waals surface area contributed by atoms with Gasteiger partial charge in [0.25, 0.3) is 0 Å². The Morgan fingerprint density at radius 3 is 2.33 bits per heavy atom. The highest BCUT2D eigenvalue weighted by Gasteiger charge is 2.36. The lowest BCUT2D eigenvalue weighted by Gasteiger charge is -2.46. The van der Waals surface area contributed by atoms with Gasteiger partial charge in [-0.1, -0.05) is 6.92 Å². The summed E-state index contributed by atoms with van der Waals surface area (Å²) in [4.78, 5) is 2.33. The Labute approximate surface area is 126 Å². The molecule has 0 aromatic heterocycles. The van der Waals surface area contributed by atoms with Crippen molar-refractivity contribution < 1.29 is 17.9 Å². The molecule has 6 heteroatoms. The van der Waals surface area contributed by atoms with Crippen LogP contribution in [-0.4, -0.2) is 55.5 Å². The number of halogens is 3. The molecule has 1 saturated heterocycles. The Morgan fingerprint density at radius 1 is 1.19 bits per heavy atom. The molecule has 0 aromatic carbocycles. The molecule has 126 valence electrons. The second-order valence-electron chi connectivity index (χ2n) is 6.27. The van der Waals surface area contributed by atoms with Crippen molar-refractivity contribution in [3.63, 3.8) is 0 Å². The summed E-state index contributed by atoms with van der Waals surface area (Å²) in [5.74, 6) is 0. The van der Waals surface area contributed by atoms with Gasteiger partial charge in [-0.3, -0.25) is 4.90 Å². The van der Waals surface area contributed by atoms with Crippen molar-refractivity contribution in [2.24, 2.45) is 0 Å². The normalized spacial score (nSPS) is 19.7. The standard InChI is InChI=1S/C15H29F3N2O/c1-4-8-19-13(6-5-7-15(16,17)18)14(2,3)20-9-11-21-12-10-20/h13,19H,4-12H2,1-3H3. The van der Waals surface area contributed by atoms with E-state index in [0.717, 1.165) is 26.1 Å². The maximum absolute atomic E-state index is 12.4. The average molecular weight is 310 g/mol. The molecule has 1 heterocycles. The van der Waals surface area contributed by atoms with Gasteiger partial charge in [0.15, 0.2) is 0 Å². The molecule has 1 aliphatic heterocycles. The first-order valence-corrected chi connectivity index (χ1v) is 7.90. The summed E-state index contributed by atoms with van der Waals surface area (Å²) in [5.41, 5.74) is -0.162. The van der Waals surface area contributed by atoms with Gasteiger partial charge in [0.2, 0.25) is 0 Å². The van der Waals surface area contributed by atoms with Crippen LogP contribution >= 0.6 is 0 Å². The first-order chi connectivity index (χ1) is 9.77. The predicted molar refractivity (Wildman–Crippen MR) is 78.5 cm³/mol. The second kappa shape index (κ2) is 8.34. The molecular weight excluding hydrogens is 281 g/mol. The van der Waals surface area contributed by atoms with Crippen molar-refractivity contribution in [2.45, 2.75) is 64.2 Å². The van der Waals surface area contributed by atoms with Crippen molar-refractivity contribution in [1.29, 1.82) is 0 Å². The second-order valence-corrected chi connectivity index (χ2v) is 6.27. The minimum atomic E-state index is -4.06. The Balaban J connectivity index is 2.60. The molecule has 1 atom stereocenters. The average Bonchev–Trinajstić information content (AvgIpc) is 2.42. The maximum atomic E-state index is 12.4. The van der Waals surface area contributed by atoms with Crippen LogP contribution in [0.25, 0.3) is 0 Å². The van der Waals surface area contributed by atoms with Crippen molar-refractivity contribution in [3.8, 4) is 0 Å². The number of ether oxygens (including phenoxy) is 1. The molecule has 1 N–H and O–H groups in total. The fourth-order valence-electron chi connectivity index (χ4n) is 2.89. The van der Waals surface area contributed by atoms with Crippen LogP contribution in [0.4, 0.5) is 13.2 Å². The molecule has 21 heavy (non-hydrogen) atoms. The summed E-state index contributed by atoms with van der Waals surface area (Å²) < 4.78 is 42.5. The molecule has 0 aliphatic carbocycles. The van der Waals surface area contributed by atoms with Crippen molar-refractivity contribution >= 4 is 0 Å². The fourth-order valence-corrected chi connectivity index (χ4v) is 2.89. The van der Waals surface area contributed by atoms with E-state index in [0.29, 0.717) is 19.6 Å².